The average Bonchev–Trinajstić information content (AvgIpc) is 3.09. The lowest BCUT2D eigenvalue weighted by Gasteiger charge is -2.24. The van der Waals surface area contributed by atoms with Gasteiger partial charge in [-0.1, -0.05) is 28.2 Å². The van der Waals surface area contributed by atoms with Crippen LogP contribution >= 0.6 is 23.1 Å². The van der Waals surface area contributed by atoms with Gasteiger partial charge in [0.2, 0.25) is 0 Å². The van der Waals surface area contributed by atoms with Gasteiger partial charge in [0.25, 0.3) is 0 Å². The van der Waals surface area contributed by atoms with E-state index in [0.29, 0.717) is 10.4 Å². The maximum Gasteiger partial charge on any atom is 0.138 e. The number of hydrogen-bond acceptors (Lipinski definition) is 5. The fourth-order valence-corrected chi connectivity index (χ4v) is 3.34. The molecular formula is C14H16ClN3OS. The topological polar surface area (TPSA) is 38.2 Å². The fraction of sp³-hybridized carbons (Fsp3) is 0.429. The Hall–Kier alpha value is -1.17. The number of aromatic nitrogens is 2. The summed E-state index contributed by atoms with van der Waals surface area (Å²) in [6.07, 6.45) is 2.35. The van der Waals surface area contributed by atoms with Gasteiger partial charge >= 0.3 is 0 Å². The molecule has 1 aromatic carbocycles. The van der Waals surface area contributed by atoms with Crippen molar-refractivity contribution >= 4 is 23.1 Å². The van der Waals surface area contributed by atoms with Crippen molar-refractivity contribution in [2.75, 3.05) is 13.7 Å². The highest BCUT2D eigenvalue weighted by atomic mass is 35.5. The zero-order chi connectivity index (χ0) is 13.9. The van der Waals surface area contributed by atoms with Crippen LogP contribution in [0.3, 0.4) is 0 Å². The molecule has 1 saturated heterocycles. The van der Waals surface area contributed by atoms with Crippen LogP contribution in [-0.4, -0.2) is 28.1 Å². The lowest BCUT2D eigenvalue weighted by atomic mass is 10.0. The van der Waals surface area contributed by atoms with E-state index < -0.39 is 0 Å². The van der Waals surface area contributed by atoms with Gasteiger partial charge < -0.3 is 4.74 Å². The van der Waals surface area contributed by atoms with Gasteiger partial charge in [-0.2, -0.15) is 0 Å². The summed E-state index contributed by atoms with van der Waals surface area (Å²) >= 11 is 7.36. The maximum atomic E-state index is 6.11. The van der Waals surface area contributed by atoms with Crippen LogP contribution in [0.4, 0.5) is 0 Å². The average molecular weight is 310 g/mol. The van der Waals surface area contributed by atoms with Crippen LogP contribution in [0.2, 0.25) is 4.34 Å². The molecule has 0 spiro atoms. The Morgan fingerprint density at radius 3 is 3.15 bits per heavy atom. The molecule has 1 atom stereocenters. The van der Waals surface area contributed by atoms with Gasteiger partial charge in [-0.15, -0.1) is 5.10 Å². The Bertz CT molecular complexity index is 589. The first-order valence-electron chi connectivity index (χ1n) is 6.62. The molecule has 6 heteroatoms. The van der Waals surface area contributed by atoms with Gasteiger partial charge in [0.15, 0.2) is 0 Å². The van der Waals surface area contributed by atoms with Crippen molar-refractivity contribution < 1.29 is 4.74 Å². The Morgan fingerprint density at radius 1 is 1.50 bits per heavy atom. The van der Waals surface area contributed by atoms with Gasteiger partial charge in [-0.05, 0) is 37.1 Å². The monoisotopic (exact) mass is 309 g/mol. The number of nitrogens with zero attached hydrogens (tertiary/aromatic N) is 3. The van der Waals surface area contributed by atoms with E-state index in [9.17, 15) is 0 Å². The van der Waals surface area contributed by atoms with Gasteiger partial charge in [0, 0.05) is 24.1 Å². The molecule has 106 valence electrons. The van der Waals surface area contributed by atoms with Crippen molar-refractivity contribution in [3.05, 3.63) is 39.9 Å². The predicted molar refractivity (Wildman–Crippen MR) is 80.3 cm³/mol. The second-order valence-corrected chi connectivity index (χ2v) is 6.25. The number of methoxy groups -OCH3 is 1. The van der Waals surface area contributed by atoms with Crippen molar-refractivity contribution in [2.24, 2.45) is 0 Å². The smallest absolute Gasteiger partial charge is 0.138 e. The van der Waals surface area contributed by atoms with E-state index in [1.807, 2.05) is 12.1 Å². The minimum atomic E-state index is 0.405. The minimum Gasteiger partial charge on any atom is -0.497 e. The molecule has 20 heavy (non-hydrogen) atoms. The Morgan fingerprint density at radius 2 is 2.40 bits per heavy atom. The number of likely N-dealkylation sites (tertiary alicyclic amines) is 1. The number of hydrogen-bond donors (Lipinski definition) is 0. The van der Waals surface area contributed by atoms with Crippen molar-refractivity contribution in [1.29, 1.82) is 0 Å². The fourth-order valence-electron chi connectivity index (χ4n) is 2.73. The van der Waals surface area contributed by atoms with Crippen LogP contribution in [0.15, 0.2) is 24.3 Å². The molecule has 0 bridgehead atoms. The molecule has 1 aromatic heterocycles. The molecule has 0 amide bonds. The molecule has 2 heterocycles. The second kappa shape index (κ2) is 6.08. The summed E-state index contributed by atoms with van der Waals surface area (Å²) in [5, 5.41) is 4.11. The van der Waals surface area contributed by atoms with Crippen molar-refractivity contribution in [3.63, 3.8) is 0 Å². The van der Waals surface area contributed by atoms with Crippen molar-refractivity contribution in [2.45, 2.75) is 25.4 Å². The molecule has 0 saturated carbocycles. The van der Waals surface area contributed by atoms with Gasteiger partial charge in [-0.25, -0.2) is 0 Å². The molecule has 1 fully saturated rings. The predicted octanol–water partition coefficient (Wildman–Crippen LogP) is 3.54. The number of benzene rings is 1. The highest BCUT2D eigenvalue weighted by molar-refractivity contribution is 7.10. The van der Waals surface area contributed by atoms with Gasteiger partial charge in [-0.3, -0.25) is 4.90 Å². The SMILES string of the molecule is COc1cccc([C@@H]2CCCN2Cc2nnsc2Cl)c1. The quantitative estimate of drug-likeness (QED) is 0.866. The summed E-state index contributed by atoms with van der Waals surface area (Å²) in [6, 6.07) is 8.70. The summed E-state index contributed by atoms with van der Waals surface area (Å²) in [7, 11) is 1.70. The summed E-state index contributed by atoms with van der Waals surface area (Å²) < 4.78 is 9.91. The Balaban J connectivity index is 1.79. The molecule has 4 nitrogen and oxygen atoms in total. The van der Waals surface area contributed by atoms with Crippen LogP contribution in [0.5, 0.6) is 5.75 Å². The molecule has 0 aliphatic carbocycles. The van der Waals surface area contributed by atoms with Gasteiger partial charge in [0.05, 0.1) is 7.11 Å². The molecule has 2 aromatic rings. The highest BCUT2D eigenvalue weighted by Crippen LogP contribution is 2.35. The third-order valence-corrected chi connectivity index (χ3v) is 4.69. The Kier molecular flexibility index (Phi) is 4.19. The minimum absolute atomic E-state index is 0.405. The number of halogens is 1. The molecule has 1 aliphatic rings. The summed E-state index contributed by atoms with van der Waals surface area (Å²) in [5.74, 6) is 0.905. The zero-order valence-electron chi connectivity index (χ0n) is 11.3. The molecule has 3 rings (SSSR count). The van der Waals surface area contributed by atoms with Crippen LogP contribution in [0.1, 0.15) is 30.1 Å². The molecule has 0 unspecified atom stereocenters. The summed E-state index contributed by atoms with van der Waals surface area (Å²) in [4.78, 5) is 2.41. The largest absolute Gasteiger partial charge is 0.497 e. The third-order valence-electron chi connectivity index (χ3n) is 3.70. The van der Waals surface area contributed by atoms with Crippen molar-refractivity contribution in [3.8, 4) is 5.75 Å². The molecule has 0 radical (unpaired) electrons. The molecule has 1 aliphatic heterocycles. The zero-order valence-corrected chi connectivity index (χ0v) is 12.8. The first-order chi connectivity index (χ1) is 9.78. The summed E-state index contributed by atoms with van der Waals surface area (Å²) in [6.45, 7) is 1.83. The highest BCUT2D eigenvalue weighted by Gasteiger charge is 2.27. The maximum absolute atomic E-state index is 6.11. The molecular weight excluding hydrogens is 294 g/mol. The van der Waals surface area contributed by atoms with Crippen LogP contribution < -0.4 is 4.74 Å². The third kappa shape index (κ3) is 2.80. The van der Waals surface area contributed by atoms with Crippen LogP contribution in [-0.2, 0) is 6.54 Å². The normalized spacial score (nSPS) is 19.4. The first-order valence-corrected chi connectivity index (χ1v) is 7.78. The van der Waals surface area contributed by atoms with Gasteiger partial charge in [0.1, 0.15) is 15.8 Å². The van der Waals surface area contributed by atoms with E-state index in [1.54, 1.807) is 7.11 Å². The Labute approximate surface area is 127 Å². The lowest BCUT2D eigenvalue weighted by molar-refractivity contribution is 0.245. The first kappa shape index (κ1) is 13.8. The van der Waals surface area contributed by atoms with E-state index in [1.165, 1.54) is 23.5 Å². The van der Waals surface area contributed by atoms with E-state index in [2.05, 4.69) is 26.6 Å². The number of ether oxygens (including phenoxy) is 1. The lowest BCUT2D eigenvalue weighted by Crippen LogP contribution is -2.23. The summed E-state index contributed by atoms with van der Waals surface area (Å²) in [5.41, 5.74) is 2.17. The van der Waals surface area contributed by atoms with Crippen LogP contribution in [0, 0.1) is 0 Å². The van der Waals surface area contributed by atoms with Crippen molar-refractivity contribution in [1.82, 2.24) is 14.5 Å². The van der Waals surface area contributed by atoms with E-state index in [-0.39, 0.29) is 0 Å². The second-order valence-electron chi connectivity index (χ2n) is 4.90. The van der Waals surface area contributed by atoms with Crippen LogP contribution in [0.25, 0.3) is 0 Å². The van der Waals surface area contributed by atoms with E-state index in [0.717, 1.165) is 31.0 Å². The standard InChI is InChI=1S/C14H16ClN3OS/c1-19-11-5-2-4-10(8-11)13-6-3-7-18(13)9-12-14(15)20-17-16-12/h2,4-5,8,13H,3,6-7,9H2,1H3/t13-/m0/s1. The van der Waals surface area contributed by atoms with E-state index >= 15 is 0 Å². The molecule has 0 N–H and O–H groups in total. The number of rotatable bonds is 4. The van der Waals surface area contributed by atoms with E-state index in [4.69, 9.17) is 16.3 Å².